The fourth-order valence-corrected chi connectivity index (χ4v) is 3.08. The summed E-state index contributed by atoms with van der Waals surface area (Å²) in [4.78, 5) is 13.7. The number of ether oxygens (including phenoxy) is 1. The number of nitrogens with zero attached hydrogens (tertiary/aromatic N) is 1. The molecule has 16 heavy (non-hydrogen) atoms. The Labute approximate surface area is 97.1 Å². The summed E-state index contributed by atoms with van der Waals surface area (Å²) in [5.41, 5.74) is 5.82. The molecular weight excluding hydrogens is 204 g/mol. The Morgan fingerprint density at radius 2 is 2.06 bits per heavy atom. The van der Waals surface area contributed by atoms with Crippen LogP contribution in [0, 0.1) is 11.8 Å². The van der Waals surface area contributed by atoms with E-state index >= 15 is 0 Å². The Balaban J connectivity index is 1.76. The van der Waals surface area contributed by atoms with Gasteiger partial charge in [0.15, 0.2) is 0 Å². The number of carbonyl (C=O) groups is 1. The van der Waals surface area contributed by atoms with Crippen molar-refractivity contribution >= 4 is 5.97 Å². The Morgan fingerprint density at radius 1 is 1.44 bits per heavy atom. The zero-order valence-electron chi connectivity index (χ0n) is 10.0. The molecule has 0 bridgehead atoms. The molecule has 4 heteroatoms. The number of nitrogens with two attached hydrogens (primary N) is 1. The highest BCUT2D eigenvalue weighted by Gasteiger charge is 2.36. The van der Waals surface area contributed by atoms with Crippen LogP contribution < -0.4 is 5.73 Å². The Kier molecular flexibility index (Phi) is 3.82. The summed E-state index contributed by atoms with van der Waals surface area (Å²) >= 11 is 0. The van der Waals surface area contributed by atoms with Crippen LogP contribution in [0.1, 0.15) is 26.2 Å². The second-order valence-electron chi connectivity index (χ2n) is 5.03. The maximum Gasteiger partial charge on any atom is 0.324 e. The Morgan fingerprint density at radius 3 is 2.62 bits per heavy atom. The summed E-state index contributed by atoms with van der Waals surface area (Å²) in [6, 6.07) is -0.473. The molecule has 3 atom stereocenters. The minimum absolute atomic E-state index is 0.264. The predicted octanol–water partition coefficient (Wildman–Crippen LogP) is 0.609. The first kappa shape index (κ1) is 11.9. The van der Waals surface area contributed by atoms with E-state index < -0.39 is 6.04 Å². The van der Waals surface area contributed by atoms with Gasteiger partial charge in [0.05, 0.1) is 6.61 Å². The minimum Gasteiger partial charge on any atom is -0.465 e. The normalized spacial score (nSPS) is 31.4. The summed E-state index contributed by atoms with van der Waals surface area (Å²) in [6.07, 6.45) is 4.10. The van der Waals surface area contributed by atoms with Gasteiger partial charge in [0.1, 0.15) is 6.04 Å². The third-order valence-electron chi connectivity index (χ3n) is 3.85. The maximum absolute atomic E-state index is 11.4. The topological polar surface area (TPSA) is 55.6 Å². The van der Waals surface area contributed by atoms with Gasteiger partial charge in [0, 0.05) is 19.6 Å². The fraction of sp³-hybridized carbons (Fsp3) is 0.917. The van der Waals surface area contributed by atoms with Crippen LogP contribution in [0.25, 0.3) is 0 Å². The number of likely N-dealkylation sites (tertiary alicyclic amines) is 1. The van der Waals surface area contributed by atoms with Crippen molar-refractivity contribution in [2.24, 2.45) is 17.6 Å². The van der Waals surface area contributed by atoms with E-state index in [1.807, 2.05) is 6.92 Å². The van der Waals surface area contributed by atoms with Gasteiger partial charge in [0.2, 0.25) is 0 Å². The lowest BCUT2D eigenvalue weighted by Crippen LogP contribution is -2.43. The molecule has 2 rings (SSSR count). The van der Waals surface area contributed by atoms with Gasteiger partial charge < -0.3 is 15.4 Å². The van der Waals surface area contributed by atoms with Crippen LogP contribution in [0.5, 0.6) is 0 Å². The predicted molar refractivity (Wildman–Crippen MR) is 61.9 cm³/mol. The lowest BCUT2D eigenvalue weighted by molar-refractivity contribution is -0.145. The molecule has 0 spiro atoms. The van der Waals surface area contributed by atoms with Crippen molar-refractivity contribution in [1.82, 2.24) is 4.90 Å². The highest BCUT2D eigenvalue weighted by Crippen LogP contribution is 2.37. The number of rotatable bonds is 4. The second kappa shape index (κ2) is 5.15. The average molecular weight is 226 g/mol. The molecule has 2 fully saturated rings. The van der Waals surface area contributed by atoms with E-state index in [9.17, 15) is 4.79 Å². The molecule has 1 aliphatic heterocycles. The van der Waals surface area contributed by atoms with Crippen molar-refractivity contribution in [1.29, 1.82) is 0 Å². The maximum atomic E-state index is 11.4. The van der Waals surface area contributed by atoms with Gasteiger partial charge in [0.25, 0.3) is 0 Å². The molecule has 92 valence electrons. The van der Waals surface area contributed by atoms with Crippen LogP contribution in [0.3, 0.4) is 0 Å². The molecule has 4 nitrogen and oxygen atoms in total. The van der Waals surface area contributed by atoms with Crippen LogP contribution in [-0.2, 0) is 9.53 Å². The lowest BCUT2D eigenvalue weighted by Gasteiger charge is -2.20. The quantitative estimate of drug-likeness (QED) is 0.714. The zero-order valence-corrected chi connectivity index (χ0v) is 10.0. The molecule has 1 heterocycles. The SMILES string of the molecule is CCOC(=O)C(N)CN1CC2CCCC2C1. The molecule has 1 saturated carbocycles. The van der Waals surface area contributed by atoms with Crippen molar-refractivity contribution in [3.8, 4) is 0 Å². The van der Waals surface area contributed by atoms with Crippen molar-refractivity contribution < 1.29 is 9.53 Å². The smallest absolute Gasteiger partial charge is 0.324 e. The molecule has 0 amide bonds. The van der Waals surface area contributed by atoms with Gasteiger partial charge in [-0.25, -0.2) is 0 Å². The third-order valence-corrected chi connectivity index (χ3v) is 3.85. The minimum atomic E-state index is -0.473. The second-order valence-corrected chi connectivity index (χ2v) is 5.03. The van der Waals surface area contributed by atoms with Crippen molar-refractivity contribution in [2.75, 3.05) is 26.2 Å². The molecule has 0 aromatic heterocycles. The van der Waals surface area contributed by atoms with Gasteiger partial charge in [-0.15, -0.1) is 0 Å². The molecule has 1 aliphatic carbocycles. The van der Waals surface area contributed by atoms with Gasteiger partial charge in [-0.2, -0.15) is 0 Å². The van der Waals surface area contributed by atoms with Gasteiger partial charge in [-0.3, -0.25) is 4.79 Å². The van der Waals surface area contributed by atoms with Crippen molar-refractivity contribution in [2.45, 2.75) is 32.2 Å². The summed E-state index contributed by atoms with van der Waals surface area (Å²) in [5.74, 6) is 1.45. The molecule has 0 aromatic carbocycles. The zero-order chi connectivity index (χ0) is 11.5. The summed E-state index contributed by atoms with van der Waals surface area (Å²) < 4.78 is 4.92. The lowest BCUT2D eigenvalue weighted by atomic mass is 10.0. The fourth-order valence-electron chi connectivity index (χ4n) is 3.08. The number of hydrogen-bond donors (Lipinski definition) is 1. The van der Waals surface area contributed by atoms with Crippen LogP contribution in [0.2, 0.25) is 0 Å². The standard InChI is InChI=1S/C12H22N2O2/c1-2-16-12(15)11(13)8-14-6-9-4-3-5-10(9)7-14/h9-11H,2-8,13H2,1H3. The van der Waals surface area contributed by atoms with E-state index in [1.54, 1.807) is 0 Å². The molecule has 3 unspecified atom stereocenters. The van der Waals surface area contributed by atoms with Crippen LogP contribution in [0.15, 0.2) is 0 Å². The van der Waals surface area contributed by atoms with Gasteiger partial charge in [-0.1, -0.05) is 6.42 Å². The molecule has 2 aliphatic rings. The van der Waals surface area contributed by atoms with E-state index in [2.05, 4.69) is 4.90 Å². The highest BCUT2D eigenvalue weighted by molar-refractivity contribution is 5.75. The highest BCUT2D eigenvalue weighted by atomic mass is 16.5. The number of hydrogen-bond acceptors (Lipinski definition) is 4. The number of fused-ring (bicyclic) bond motifs is 1. The van der Waals surface area contributed by atoms with E-state index in [-0.39, 0.29) is 5.97 Å². The van der Waals surface area contributed by atoms with Crippen molar-refractivity contribution in [3.63, 3.8) is 0 Å². The first-order valence-electron chi connectivity index (χ1n) is 6.35. The molecule has 2 N–H and O–H groups in total. The molecule has 1 saturated heterocycles. The Hall–Kier alpha value is -0.610. The van der Waals surface area contributed by atoms with Gasteiger partial charge >= 0.3 is 5.97 Å². The Bertz CT molecular complexity index is 245. The third kappa shape index (κ3) is 2.55. The van der Waals surface area contributed by atoms with E-state index in [0.717, 1.165) is 24.9 Å². The molecule has 0 aromatic rings. The first-order valence-corrected chi connectivity index (χ1v) is 6.35. The van der Waals surface area contributed by atoms with E-state index in [0.29, 0.717) is 13.2 Å². The van der Waals surface area contributed by atoms with Crippen LogP contribution in [-0.4, -0.2) is 43.2 Å². The first-order chi connectivity index (χ1) is 7.70. The van der Waals surface area contributed by atoms with Gasteiger partial charge in [-0.05, 0) is 31.6 Å². The van der Waals surface area contributed by atoms with Crippen LogP contribution in [0.4, 0.5) is 0 Å². The summed E-state index contributed by atoms with van der Waals surface area (Å²) in [5, 5.41) is 0. The number of carbonyl (C=O) groups excluding carboxylic acids is 1. The van der Waals surface area contributed by atoms with E-state index in [4.69, 9.17) is 10.5 Å². The number of esters is 1. The van der Waals surface area contributed by atoms with Crippen LogP contribution >= 0.6 is 0 Å². The summed E-state index contributed by atoms with van der Waals surface area (Å²) in [7, 11) is 0. The largest absolute Gasteiger partial charge is 0.465 e. The molecule has 0 radical (unpaired) electrons. The molecular formula is C12H22N2O2. The summed E-state index contributed by atoms with van der Waals surface area (Å²) in [6.45, 7) is 5.13. The average Bonchev–Trinajstić information content (AvgIpc) is 2.78. The van der Waals surface area contributed by atoms with Crippen molar-refractivity contribution in [3.05, 3.63) is 0 Å². The monoisotopic (exact) mass is 226 g/mol. The van der Waals surface area contributed by atoms with E-state index in [1.165, 1.54) is 19.3 Å².